The number of carbonyl (C=O) groups excluding carboxylic acids is 3. The molecule has 1 heterocycles. The van der Waals surface area contributed by atoms with Gasteiger partial charge in [0.15, 0.2) is 6.61 Å². The van der Waals surface area contributed by atoms with Gasteiger partial charge in [-0.2, -0.15) is 0 Å². The number of nitrogens with zero attached hydrogens (tertiary/aromatic N) is 3. The number of para-hydroxylation sites is 1. The molecule has 1 N–H and O–H groups in total. The van der Waals surface area contributed by atoms with Crippen LogP contribution in [0.3, 0.4) is 0 Å². The normalized spacial score (nSPS) is 10.4. The lowest BCUT2D eigenvalue weighted by atomic mass is 10.3. The van der Waals surface area contributed by atoms with Crippen molar-refractivity contribution >= 4 is 28.9 Å². The summed E-state index contributed by atoms with van der Waals surface area (Å²) in [7, 11) is 0. The SMILES string of the molecule is CCOC(=O)CCCNC(=O)COC(=O)Cn1nnc2ccccc21. The molecule has 134 valence electrons. The summed E-state index contributed by atoms with van der Waals surface area (Å²) in [6, 6.07) is 7.22. The highest BCUT2D eigenvalue weighted by Crippen LogP contribution is 2.09. The van der Waals surface area contributed by atoms with Crippen molar-refractivity contribution in [3.05, 3.63) is 24.3 Å². The summed E-state index contributed by atoms with van der Waals surface area (Å²) < 4.78 is 11.1. The quantitative estimate of drug-likeness (QED) is 0.516. The molecule has 25 heavy (non-hydrogen) atoms. The van der Waals surface area contributed by atoms with E-state index in [2.05, 4.69) is 15.6 Å². The third-order valence-corrected chi connectivity index (χ3v) is 3.25. The van der Waals surface area contributed by atoms with Crippen LogP contribution in [0.2, 0.25) is 0 Å². The largest absolute Gasteiger partial charge is 0.466 e. The van der Waals surface area contributed by atoms with Crippen molar-refractivity contribution in [2.75, 3.05) is 19.8 Å². The molecule has 1 aromatic carbocycles. The maximum absolute atomic E-state index is 11.8. The number of amides is 1. The highest BCUT2D eigenvalue weighted by molar-refractivity contribution is 5.81. The second-order valence-electron chi connectivity index (χ2n) is 5.16. The number of hydrogen-bond acceptors (Lipinski definition) is 7. The third-order valence-electron chi connectivity index (χ3n) is 3.25. The summed E-state index contributed by atoms with van der Waals surface area (Å²) >= 11 is 0. The van der Waals surface area contributed by atoms with E-state index in [4.69, 9.17) is 9.47 Å². The summed E-state index contributed by atoms with van der Waals surface area (Å²) in [5.74, 6) is -1.32. The van der Waals surface area contributed by atoms with Gasteiger partial charge in [0, 0.05) is 13.0 Å². The highest BCUT2D eigenvalue weighted by Gasteiger charge is 2.11. The number of esters is 2. The van der Waals surface area contributed by atoms with Crippen molar-refractivity contribution < 1.29 is 23.9 Å². The molecule has 0 spiro atoms. The second-order valence-corrected chi connectivity index (χ2v) is 5.16. The Kier molecular flexibility index (Phi) is 6.87. The molecular formula is C16H20N4O5. The summed E-state index contributed by atoms with van der Waals surface area (Å²) in [6.07, 6.45) is 0.691. The van der Waals surface area contributed by atoms with Crippen LogP contribution < -0.4 is 5.32 Å². The van der Waals surface area contributed by atoms with Gasteiger partial charge in [0.2, 0.25) is 0 Å². The van der Waals surface area contributed by atoms with E-state index >= 15 is 0 Å². The van der Waals surface area contributed by atoms with Gasteiger partial charge >= 0.3 is 11.9 Å². The summed E-state index contributed by atoms with van der Waals surface area (Å²) in [4.78, 5) is 34.5. The number of rotatable bonds is 9. The van der Waals surface area contributed by atoms with Crippen molar-refractivity contribution in [1.29, 1.82) is 0 Å². The Balaban J connectivity index is 1.66. The van der Waals surface area contributed by atoms with Gasteiger partial charge in [-0.25, -0.2) is 4.68 Å². The van der Waals surface area contributed by atoms with Gasteiger partial charge in [0.05, 0.1) is 12.1 Å². The molecule has 0 bridgehead atoms. The van der Waals surface area contributed by atoms with Crippen LogP contribution in [-0.4, -0.2) is 52.6 Å². The van der Waals surface area contributed by atoms with Crippen molar-refractivity contribution in [3.63, 3.8) is 0 Å². The number of hydrogen-bond donors (Lipinski definition) is 1. The Labute approximate surface area is 144 Å². The monoisotopic (exact) mass is 348 g/mol. The first-order valence-corrected chi connectivity index (χ1v) is 7.96. The first-order chi connectivity index (χ1) is 12.1. The molecule has 0 atom stereocenters. The van der Waals surface area contributed by atoms with E-state index in [9.17, 15) is 14.4 Å². The zero-order chi connectivity index (χ0) is 18.1. The van der Waals surface area contributed by atoms with Gasteiger partial charge in [-0.05, 0) is 25.5 Å². The fourth-order valence-corrected chi connectivity index (χ4v) is 2.09. The van der Waals surface area contributed by atoms with E-state index in [1.165, 1.54) is 4.68 Å². The molecule has 0 aliphatic rings. The molecule has 1 amide bonds. The van der Waals surface area contributed by atoms with E-state index in [0.717, 1.165) is 0 Å². The number of benzene rings is 1. The average molecular weight is 348 g/mol. The third kappa shape index (κ3) is 5.87. The van der Waals surface area contributed by atoms with Crippen molar-refractivity contribution in [2.24, 2.45) is 0 Å². The van der Waals surface area contributed by atoms with Crippen LogP contribution in [0.4, 0.5) is 0 Å². The molecule has 0 aliphatic carbocycles. The Morgan fingerprint density at radius 2 is 1.96 bits per heavy atom. The molecule has 9 nitrogen and oxygen atoms in total. The Bertz CT molecular complexity index is 743. The highest BCUT2D eigenvalue weighted by atomic mass is 16.5. The molecule has 0 unspecified atom stereocenters. The Hall–Kier alpha value is -2.97. The van der Waals surface area contributed by atoms with Gasteiger partial charge in [-0.15, -0.1) is 5.10 Å². The summed E-state index contributed by atoms with van der Waals surface area (Å²) in [5, 5.41) is 10.4. The molecular weight excluding hydrogens is 328 g/mol. The number of nitrogens with one attached hydrogen (secondary N) is 1. The maximum Gasteiger partial charge on any atom is 0.328 e. The van der Waals surface area contributed by atoms with Crippen LogP contribution in [0.25, 0.3) is 11.0 Å². The topological polar surface area (TPSA) is 112 Å². The first kappa shape index (κ1) is 18.4. The minimum atomic E-state index is -0.586. The van der Waals surface area contributed by atoms with Gasteiger partial charge in [0.1, 0.15) is 12.1 Å². The lowest BCUT2D eigenvalue weighted by Crippen LogP contribution is -2.30. The molecule has 9 heteroatoms. The van der Waals surface area contributed by atoms with Crippen LogP contribution in [0.1, 0.15) is 19.8 Å². The van der Waals surface area contributed by atoms with Gasteiger partial charge in [-0.1, -0.05) is 17.3 Å². The van der Waals surface area contributed by atoms with E-state index in [1.807, 2.05) is 12.1 Å². The van der Waals surface area contributed by atoms with E-state index in [-0.39, 0.29) is 25.5 Å². The molecule has 2 rings (SSSR count). The predicted molar refractivity (Wildman–Crippen MR) is 87.4 cm³/mol. The number of carbonyl (C=O) groups is 3. The zero-order valence-electron chi connectivity index (χ0n) is 13.9. The van der Waals surface area contributed by atoms with Gasteiger partial charge in [0.25, 0.3) is 5.91 Å². The average Bonchev–Trinajstić information content (AvgIpc) is 3.00. The van der Waals surface area contributed by atoms with Crippen LogP contribution in [0.5, 0.6) is 0 Å². The molecule has 0 saturated carbocycles. The minimum absolute atomic E-state index is 0.128. The number of ether oxygens (including phenoxy) is 2. The number of fused-ring (bicyclic) bond motifs is 1. The van der Waals surface area contributed by atoms with Crippen molar-refractivity contribution in [3.8, 4) is 0 Å². The summed E-state index contributed by atoms with van der Waals surface area (Å²) in [5.41, 5.74) is 1.39. The molecule has 0 saturated heterocycles. The van der Waals surface area contributed by atoms with E-state index in [0.29, 0.717) is 30.6 Å². The summed E-state index contributed by atoms with van der Waals surface area (Å²) in [6.45, 7) is 1.86. The molecule has 0 radical (unpaired) electrons. The minimum Gasteiger partial charge on any atom is -0.466 e. The van der Waals surface area contributed by atoms with Gasteiger partial charge in [-0.3, -0.25) is 14.4 Å². The van der Waals surface area contributed by atoms with Crippen LogP contribution in [-0.2, 0) is 30.4 Å². The second kappa shape index (κ2) is 9.36. The van der Waals surface area contributed by atoms with Crippen LogP contribution >= 0.6 is 0 Å². The molecule has 1 aromatic heterocycles. The zero-order valence-corrected chi connectivity index (χ0v) is 13.9. The lowest BCUT2D eigenvalue weighted by molar-refractivity contribution is -0.149. The van der Waals surface area contributed by atoms with E-state index in [1.54, 1.807) is 19.1 Å². The first-order valence-electron chi connectivity index (χ1n) is 7.96. The van der Waals surface area contributed by atoms with E-state index < -0.39 is 11.9 Å². The van der Waals surface area contributed by atoms with Crippen LogP contribution in [0, 0.1) is 0 Å². The molecule has 0 aliphatic heterocycles. The smallest absolute Gasteiger partial charge is 0.328 e. The van der Waals surface area contributed by atoms with Gasteiger partial charge < -0.3 is 14.8 Å². The molecule has 2 aromatic rings. The lowest BCUT2D eigenvalue weighted by Gasteiger charge is -2.07. The Morgan fingerprint density at radius 3 is 2.76 bits per heavy atom. The molecule has 0 fully saturated rings. The van der Waals surface area contributed by atoms with Crippen LogP contribution in [0.15, 0.2) is 24.3 Å². The van der Waals surface area contributed by atoms with Crippen molar-refractivity contribution in [1.82, 2.24) is 20.3 Å². The fourth-order valence-electron chi connectivity index (χ4n) is 2.09. The standard InChI is InChI=1S/C16H20N4O5/c1-2-24-15(22)8-5-9-17-14(21)11-25-16(23)10-20-13-7-4-3-6-12(13)18-19-20/h3-4,6-7H,2,5,8-11H2,1H3,(H,17,21). The maximum atomic E-state index is 11.8. The van der Waals surface area contributed by atoms with Crippen molar-refractivity contribution in [2.45, 2.75) is 26.3 Å². The Morgan fingerprint density at radius 1 is 1.16 bits per heavy atom. The predicted octanol–water partition coefficient (Wildman–Crippen LogP) is 0.434. The fraction of sp³-hybridized carbons (Fsp3) is 0.438. The number of aromatic nitrogens is 3.